The summed E-state index contributed by atoms with van der Waals surface area (Å²) in [5.41, 5.74) is -2.23. The number of hydrogen-bond donors (Lipinski definition) is 0. The Bertz CT molecular complexity index is 917. The van der Waals surface area contributed by atoms with Crippen LogP contribution >= 0.6 is 0 Å². The molecular weight excluding hydrogens is 360 g/mol. The van der Waals surface area contributed by atoms with E-state index in [-0.39, 0.29) is 22.9 Å². The van der Waals surface area contributed by atoms with Crippen molar-refractivity contribution in [1.29, 1.82) is 0 Å². The van der Waals surface area contributed by atoms with Crippen LogP contribution in [0.4, 0.5) is 11.4 Å². The van der Waals surface area contributed by atoms with Crippen LogP contribution in [0.3, 0.4) is 0 Å². The third kappa shape index (κ3) is 4.53. The van der Waals surface area contributed by atoms with Crippen molar-refractivity contribution in [2.75, 3.05) is 0 Å². The van der Waals surface area contributed by atoms with Crippen molar-refractivity contribution < 1.29 is 28.9 Å². The predicted octanol–water partition coefficient (Wildman–Crippen LogP) is 2.63. The molecule has 10 heteroatoms. The van der Waals surface area contributed by atoms with Gasteiger partial charge in [-0.25, -0.2) is 4.79 Å². The topological polar surface area (TPSA) is 139 Å². The van der Waals surface area contributed by atoms with Crippen LogP contribution < -0.4 is 9.47 Å². The molecule has 0 bridgehead atoms. The normalized spacial score (nSPS) is 12.2. The average Bonchev–Trinajstić information content (AvgIpc) is 2.66. The van der Waals surface area contributed by atoms with Crippen molar-refractivity contribution >= 4 is 23.6 Å². The van der Waals surface area contributed by atoms with Crippen molar-refractivity contribution in [3.63, 3.8) is 0 Å². The molecule has 2 aromatic rings. The summed E-state index contributed by atoms with van der Waals surface area (Å²) in [5, 5.41) is 21.3. The first kappa shape index (κ1) is 19.3. The fourth-order valence-corrected chi connectivity index (χ4v) is 1.98. The largest absolute Gasteiger partial charge is 0.471 e. The van der Waals surface area contributed by atoms with Crippen molar-refractivity contribution in [2.24, 2.45) is 0 Å². The van der Waals surface area contributed by atoms with Gasteiger partial charge >= 0.3 is 0 Å². The molecule has 0 aliphatic rings. The molecule has 138 valence electrons. The molecule has 2 aromatic carbocycles. The number of ether oxygens (including phenoxy) is 2. The fraction of sp³-hybridized carbons (Fsp3) is 0.118. The van der Waals surface area contributed by atoms with Gasteiger partial charge in [-0.1, -0.05) is 0 Å². The maximum Gasteiger partial charge on any atom is 0.269 e. The zero-order chi connectivity index (χ0) is 20.0. The molecular formula is C17H12N2O8. The van der Waals surface area contributed by atoms with E-state index in [4.69, 9.17) is 9.47 Å². The smallest absolute Gasteiger partial charge is 0.269 e. The highest BCUT2D eigenvalue weighted by Gasteiger charge is 2.35. The van der Waals surface area contributed by atoms with Crippen LogP contribution in [0.2, 0.25) is 0 Å². The first-order valence-corrected chi connectivity index (χ1v) is 7.37. The maximum absolute atomic E-state index is 11.5. The molecule has 0 saturated carbocycles. The summed E-state index contributed by atoms with van der Waals surface area (Å²) in [4.78, 5) is 43.0. The second-order valence-electron chi connectivity index (χ2n) is 5.36. The van der Waals surface area contributed by atoms with Gasteiger partial charge in [0, 0.05) is 24.3 Å². The summed E-state index contributed by atoms with van der Waals surface area (Å²) < 4.78 is 10.7. The Morgan fingerprint density at radius 2 is 1.41 bits per heavy atom. The lowest BCUT2D eigenvalue weighted by Crippen LogP contribution is -2.39. The van der Waals surface area contributed by atoms with E-state index in [1.165, 1.54) is 49.3 Å². The second kappa shape index (κ2) is 7.89. The quantitative estimate of drug-likeness (QED) is 0.226. The van der Waals surface area contributed by atoms with Crippen molar-refractivity contribution in [3.05, 3.63) is 74.5 Å². The van der Waals surface area contributed by atoms with Crippen molar-refractivity contribution in [3.8, 4) is 11.5 Å². The number of rotatable bonds is 8. The molecule has 0 radical (unpaired) electrons. The number of non-ortho nitro benzene ring substituents is 2. The van der Waals surface area contributed by atoms with Gasteiger partial charge in [0.15, 0.2) is 12.2 Å². The minimum atomic E-state index is -1.88. The lowest BCUT2D eigenvalue weighted by molar-refractivity contribution is -0.385. The lowest BCUT2D eigenvalue weighted by Gasteiger charge is -2.25. The van der Waals surface area contributed by atoms with Crippen LogP contribution in [0, 0.1) is 20.2 Å². The van der Waals surface area contributed by atoms with E-state index in [0.29, 0.717) is 6.29 Å². The minimum absolute atomic E-state index is 0.0549. The number of nitrogens with zero attached hydrogens (tertiary/aromatic N) is 2. The van der Waals surface area contributed by atoms with E-state index in [9.17, 15) is 29.8 Å². The van der Waals surface area contributed by atoms with Gasteiger partial charge in [0.25, 0.3) is 11.4 Å². The van der Waals surface area contributed by atoms with Gasteiger partial charge in [-0.15, -0.1) is 0 Å². The Balaban J connectivity index is 2.23. The molecule has 0 spiro atoms. The number of carbonyl (C=O) groups excluding carboxylic acids is 2. The Kier molecular flexibility index (Phi) is 5.64. The molecule has 1 unspecified atom stereocenters. The van der Waals surface area contributed by atoms with E-state index in [0.717, 1.165) is 12.1 Å². The first-order valence-electron chi connectivity index (χ1n) is 7.37. The molecule has 0 aliphatic carbocycles. The third-order valence-corrected chi connectivity index (χ3v) is 3.41. The van der Waals surface area contributed by atoms with Crippen molar-refractivity contribution in [1.82, 2.24) is 0 Å². The Hall–Kier alpha value is -4.04. The number of nitro benzene ring substituents is 2. The van der Waals surface area contributed by atoms with Gasteiger partial charge in [0.05, 0.1) is 9.85 Å². The molecule has 0 fully saturated rings. The summed E-state index contributed by atoms with van der Waals surface area (Å²) >= 11 is 0. The van der Waals surface area contributed by atoms with Gasteiger partial charge in [0.2, 0.25) is 11.4 Å². The van der Waals surface area contributed by atoms with Gasteiger partial charge in [0.1, 0.15) is 11.5 Å². The zero-order valence-electron chi connectivity index (χ0n) is 13.9. The maximum atomic E-state index is 11.5. The number of hydrogen-bond acceptors (Lipinski definition) is 8. The summed E-state index contributed by atoms with van der Waals surface area (Å²) in [5.74, 6) is 1.09. The van der Waals surface area contributed by atoms with Gasteiger partial charge in [-0.05, 0) is 31.2 Å². The van der Waals surface area contributed by atoms with E-state index < -0.39 is 21.2 Å². The van der Waals surface area contributed by atoms with Crippen LogP contribution in [0.25, 0.3) is 0 Å². The Labute approximate surface area is 151 Å². The third-order valence-electron chi connectivity index (χ3n) is 3.41. The molecule has 2 rings (SSSR count). The van der Waals surface area contributed by atoms with Crippen LogP contribution in [0.5, 0.6) is 11.5 Å². The molecule has 0 N–H and O–H groups in total. The summed E-state index contributed by atoms with van der Waals surface area (Å²) in [7, 11) is 0. The standard InChI is InChI=1S/C17H12N2O8/c1-17(11-21,27-15-8-4-13(5-9-15)19(24)25)16(10-20)26-14-6-2-12(3-7-14)18(22)23/h2-9,11H,1H3. The second-order valence-corrected chi connectivity index (χ2v) is 5.36. The molecule has 0 saturated heterocycles. The highest BCUT2D eigenvalue weighted by Crippen LogP contribution is 2.27. The average molecular weight is 372 g/mol. The molecule has 0 aliphatic heterocycles. The predicted molar refractivity (Wildman–Crippen MR) is 91.1 cm³/mol. The summed E-state index contributed by atoms with van der Waals surface area (Å²) in [6.45, 7) is 1.24. The molecule has 0 aromatic heterocycles. The van der Waals surface area contributed by atoms with Crippen LogP contribution in [0.15, 0.2) is 54.3 Å². The van der Waals surface area contributed by atoms with Gasteiger partial charge in [-0.2, -0.15) is 0 Å². The minimum Gasteiger partial charge on any atom is -0.471 e. The van der Waals surface area contributed by atoms with Crippen LogP contribution in [-0.4, -0.2) is 27.7 Å². The molecule has 27 heavy (non-hydrogen) atoms. The highest BCUT2D eigenvalue weighted by molar-refractivity contribution is 5.74. The Morgan fingerprint density at radius 1 is 0.963 bits per heavy atom. The first-order chi connectivity index (χ1) is 12.8. The monoisotopic (exact) mass is 372 g/mol. The number of nitro groups is 2. The molecule has 0 heterocycles. The fourth-order valence-electron chi connectivity index (χ4n) is 1.98. The van der Waals surface area contributed by atoms with E-state index in [1.54, 1.807) is 0 Å². The molecule has 0 amide bonds. The number of carbonyl (C=O) groups is 1. The van der Waals surface area contributed by atoms with Crippen LogP contribution in [-0.2, 0) is 9.59 Å². The zero-order valence-corrected chi connectivity index (χ0v) is 13.9. The van der Waals surface area contributed by atoms with Gasteiger partial charge < -0.3 is 9.47 Å². The van der Waals surface area contributed by atoms with Crippen LogP contribution in [0.1, 0.15) is 6.92 Å². The van der Waals surface area contributed by atoms with Gasteiger partial charge in [-0.3, -0.25) is 25.0 Å². The SMILES string of the molecule is CC(C=O)(Oc1ccc([N+](=O)[O-])cc1)C(=C=O)Oc1ccc([N+](=O)[O-])cc1. The number of aldehydes is 1. The Morgan fingerprint density at radius 3 is 1.78 bits per heavy atom. The van der Waals surface area contributed by atoms with E-state index in [1.807, 2.05) is 0 Å². The highest BCUT2D eigenvalue weighted by atomic mass is 16.6. The molecule has 1 atom stereocenters. The number of benzene rings is 2. The van der Waals surface area contributed by atoms with E-state index in [2.05, 4.69) is 0 Å². The van der Waals surface area contributed by atoms with Crippen molar-refractivity contribution in [2.45, 2.75) is 12.5 Å². The lowest BCUT2D eigenvalue weighted by atomic mass is 10.1. The summed E-state index contributed by atoms with van der Waals surface area (Å²) in [6.07, 6.45) is 0.306. The summed E-state index contributed by atoms with van der Waals surface area (Å²) in [6, 6.07) is 9.66. The van der Waals surface area contributed by atoms with E-state index >= 15 is 0 Å². The molecule has 10 nitrogen and oxygen atoms in total.